The summed E-state index contributed by atoms with van der Waals surface area (Å²) in [5.74, 6) is 2.12. The fourth-order valence-electron chi connectivity index (χ4n) is 4.76. The number of aromatic nitrogens is 1. The summed E-state index contributed by atoms with van der Waals surface area (Å²) >= 11 is 0. The molecule has 34 heavy (non-hydrogen) atoms. The fourth-order valence-corrected chi connectivity index (χ4v) is 4.76. The van der Waals surface area contributed by atoms with Crippen molar-refractivity contribution >= 4 is 17.7 Å². The van der Waals surface area contributed by atoms with Gasteiger partial charge < -0.3 is 9.47 Å². The third-order valence-corrected chi connectivity index (χ3v) is 6.54. The minimum Gasteiger partial charge on any atom is -0.486 e. The van der Waals surface area contributed by atoms with Crippen molar-refractivity contribution in [2.45, 2.75) is 87.2 Å². The molecule has 1 amide bonds. The summed E-state index contributed by atoms with van der Waals surface area (Å²) in [6, 6.07) is 3.99. The number of nitrogens with zero attached hydrogens (tertiary/aromatic N) is 2. The van der Waals surface area contributed by atoms with Gasteiger partial charge in [0.05, 0.1) is 6.42 Å². The van der Waals surface area contributed by atoms with E-state index in [0.29, 0.717) is 30.5 Å². The van der Waals surface area contributed by atoms with E-state index in [2.05, 4.69) is 18.8 Å². The first-order valence-corrected chi connectivity index (χ1v) is 12.1. The summed E-state index contributed by atoms with van der Waals surface area (Å²) in [5, 5.41) is 0. The van der Waals surface area contributed by atoms with Crippen LogP contribution in [0.1, 0.15) is 74.0 Å². The Bertz CT molecular complexity index is 1100. The highest BCUT2D eigenvalue weighted by molar-refractivity contribution is 5.93. The summed E-state index contributed by atoms with van der Waals surface area (Å²) in [4.78, 5) is 31.7. The number of pyridine rings is 1. The number of benzene rings is 1. The number of ether oxygens (including phenoxy) is 2. The molecule has 0 spiro atoms. The molecular weight excluding hydrogens is 428 g/mol. The molecule has 0 saturated carbocycles. The molecule has 2 heterocycles. The second-order valence-corrected chi connectivity index (χ2v) is 10.4. The fraction of sp³-hybridized carbons (Fsp3) is 0.536. The van der Waals surface area contributed by atoms with Crippen molar-refractivity contribution in [1.29, 1.82) is 0 Å². The minimum atomic E-state index is -0.634. The highest BCUT2D eigenvalue weighted by Crippen LogP contribution is 2.44. The number of amides is 1. The lowest BCUT2D eigenvalue weighted by atomic mass is 9.85. The summed E-state index contributed by atoms with van der Waals surface area (Å²) in [5.41, 5.74) is 5.18. The lowest BCUT2D eigenvalue weighted by Crippen LogP contribution is -2.45. The molecule has 184 valence electrons. The molecule has 0 N–H and O–H groups in total. The number of hydrogen-bond acceptors (Lipinski definition) is 5. The van der Waals surface area contributed by atoms with Crippen LogP contribution >= 0.6 is 0 Å². The average Bonchev–Trinajstić information content (AvgIpc) is 2.72. The smallest absolute Gasteiger partial charge is 0.308 e. The molecule has 3 rings (SSSR count). The lowest BCUT2D eigenvalue weighted by molar-refractivity contribution is -0.132. The van der Waals surface area contributed by atoms with Crippen LogP contribution in [0, 0.1) is 40.5 Å². The molecule has 1 aromatic heterocycles. The first-order chi connectivity index (χ1) is 15.8. The SMILES string of the molecule is CC(=O)Oc1c(C)c(C)c2c(c1C)CCC(C)(CC(=O)N(CC(C)C)c1cc(C)cc(C)n1)O2. The molecule has 0 bridgehead atoms. The first kappa shape index (κ1) is 25.7. The van der Waals surface area contributed by atoms with E-state index >= 15 is 0 Å². The van der Waals surface area contributed by atoms with Crippen molar-refractivity contribution in [3.05, 3.63) is 45.6 Å². The zero-order chi connectivity index (χ0) is 25.4. The maximum absolute atomic E-state index is 13.6. The molecule has 0 aliphatic carbocycles. The van der Waals surface area contributed by atoms with Crippen LogP contribution in [0.2, 0.25) is 0 Å². The van der Waals surface area contributed by atoms with E-state index in [9.17, 15) is 9.59 Å². The molecule has 2 aromatic rings. The minimum absolute atomic E-state index is 0.0137. The number of hydrogen-bond donors (Lipinski definition) is 0. The van der Waals surface area contributed by atoms with Crippen LogP contribution in [-0.2, 0) is 16.0 Å². The average molecular weight is 467 g/mol. The van der Waals surface area contributed by atoms with E-state index in [1.54, 1.807) is 0 Å². The maximum Gasteiger partial charge on any atom is 0.308 e. The van der Waals surface area contributed by atoms with Crippen molar-refractivity contribution in [1.82, 2.24) is 4.98 Å². The second-order valence-electron chi connectivity index (χ2n) is 10.4. The Hall–Kier alpha value is -2.89. The monoisotopic (exact) mass is 466 g/mol. The standard InChI is InChI=1S/C28H38N2O4/c1-16(2)15-30(24-13-17(3)12-18(4)29-24)25(32)14-28(9)11-10-23-21(7)26(33-22(8)31)19(5)20(6)27(23)34-28/h12-13,16H,10-11,14-15H2,1-9H3. The number of anilines is 1. The van der Waals surface area contributed by atoms with E-state index in [-0.39, 0.29) is 18.3 Å². The molecule has 0 fully saturated rings. The molecule has 1 aliphatic heterocycles. The zero-order valence-corrected chi connectivity index (χ0v) is 22.1. The molecule has 1 atom stereocenters. The predicted molar refractivity (Wildman–Crippen MR) is 135 cm³/mol. The second kappa shape index (κ2) is 9.77. The van der Waals surface area contributed by atoms with E-state index in [4.69, 9.17) is 9.47 Å². The largest absolute Gasteiger partial charge is 0.486 e. The van der Waals surface area contributed by atoms with Gasteiger partial charge in [-0.3, -0.25) is 14.5 Å². The van der Waals surface area contributed by atoms with Gasteiger partial charge in [-0.1, -0.05) is 13.8 Å². The van der Waals surface area contributed by atoms with Gasteiger partial charge in [-0.15, -0.1) is 0 Å². The number of esters is 1. The van der Waals surface area contributed by atoms with Gasteiger partial charge in [0.2, 0.25) is 5.91 Å². The van der Waals surface area contributed by atoms with Crippen LogP contribution in [-0.4, -0.2) is 29.0 Å². The quantitative estimate of drug-likeness (QED) is 0.403. The lowest BCUT2D eigenvalue weighted by Gasteiger charge is -2.39. The first-order valence-electron chi connectivity index (χ1n) is 12.1. The molecular formula is C28H38N2O4. The van der Waals surface area contributed by atoms with Crippen LogP contribution in [0.3, 0.4) is 0 Å². The van der Waals surface area contributed by atoms with Gasteiger partial charge in [0.1, 0.15) is 22.9 Å². The van der Waals surface area contributed by atoms with Crippen molar-refractivity contribution in [2.75, 3.05) is 11.4 Å². The molecule has 6 heteroatoms. The van der Waals surface area contributed by atoms with E-state index < -0.39 is 5.60 Å². The van der Waals surface area contributed by atoms with Gasteiger partial charge >= 0.3 is 5.97 Å². The van der Waals surface area contributed by atoms with Gasteiger partial charge in [0, 0.05) is 24.7 Å². The van der Waals surface area contributed by atoms with Crippen LogP contribution in [0.5, 0.6) is 11.5 Å². The van der Waals surface area contributed by atoms with Gasteiger partial charge in [-0.25, -0.2) is 4.98 Å². The number of fused-ring (bicyclic) bond motifs is 1. The Morgan fingerprint density at radius 1 is 1.12 bits per heavy atom. The van der Waals surface area contributed by atoms with Crippen LogP contribution in [0.15, 0.2) is 12.1 Å². The molecule has 1 aromatic carbocycles. The van der Waals surface area contributed by atoms with Crippen LogP contribution in [0.25, 0.3) is 0 Å². The Morgan fingerprint density at radius 2 is 1.79 bits per heavy atom. The van der Waals surface area contributed by atoms with Gasteiger partial charge in [0.25, 0.3) is 0 Å². The topological polar surface area (TPSA) is 68.7 Å². The van der Waals surface area contributed by atoms with Crippen molar-refractivity contribution in [2.24, 2.45) is 5.92 Å². The normalized spacial score (nSPS) is 17.2. The van der Waals surface area contributed by atoms with Gasteiger partial charge in [0.15, 0.2) is 0 Å². The third-order valence-electron chi connectivity index (χ3n) is 6.54. The Labute approximate surface area is 203 Å². The van der Waals surface area contributed by atoms with E-state index in [1.165, 1.54) is 6.92 Å². The summed E-state index contributed by atoms with van der Waals surface area (Å²) < 4.78 is 12.1. The summed E-state index contributed by atoms with van der Waals surface area (Å²) in [7, 11) is 0. The van der Waals surface area contributed by atoms with E-state index in [0.717, 1.165) is 45.7 Å². The van der Waals surface area contributed by atoms with E-state index in [1.807, 2.05) is 58.6 Å². The Morgan fingerprint density at radius 3 is 2.38 bits per heavy atom. The number of carbonyl (C=O) groups excluding carboxylic acids is 2. The molecule has 6 nitrogen and oxygen atoms in total. The highest BCUT2D eigenvalue weighted by atomic mass is 16.5. The number of carbonyl (C=O) groups is 2. The zero-order valence-electron chi connectivity index (χ0n) is 22.1. The molecule has 0 radical (unpaired) electrons. The highest BCUT2D eigenvalue weighted by Gasteiger charge is 2.38. The third kappa shape index (κ3) is 5.43. The molecule has 1 aliphatic rings. The Balaban J connectivity index is 1.91. The summed E-state index contributed by atoms with van der Waals surface area (Å²) in [6.45, 7) is 18.1. The Kier molecular flexibility index (Phi) is 7.39. The number of rotatable bonds is 6. The van der Waals surface area contributed by atoms with Gasteiger partial charge in [-0.2, -0.15) is 0 Å². The van der Waals surface area contributed by atoms with Crippen molar-refractivity contribution in [3.8, 4) is 11.5 Å². The van der Waals surface area contributed by atoms with Crippen molar-refractivity contribution < 1.29 is 19.1 Å². The van der Waals surface area contributed by atoms with Crippen molar-refractivity contribution in [3.63, 3.8) is 0 Å². The van der Waals surface area contributed by atoms with Gasteiger partial charge in [-0.05, 0) is 94.7 Å². The maximum atomic E-state index is 13.6. The van der Waals surface area contributed by atoms with Crippen LogP contribution in [0.4, 0.5) is 5.82 Å². The predicted octanol–water partition coefficient (Wildman–Crippen LogP) is 5.71. The van der Waals surface area contributed by atoms with Crippen LogP contribution < -0.4 is 14.4 Å². The molecule has 1 unspecified atom stereocenters. The number of aryl methyl sites for hydroxylation is 2. The summed E-state index contributed by atoms with van der Waals surface area (Å²) in [6.07, 6.45) is 1.72. The molecule has 0 saturated heterocycles.